The number of nitrogens with two attached hydrogens (primary N) is 1. The number of imide groups is 1. The van der Waals surface area contributed by atoms with Gasteiger partial charge in [-0.15, -0.1) is 0 Å². The van der Waals surface area contributed by atoms with E-state index >= 15 is 0 Å². The van der Waals surface area contributed by atoms with Crippen molar-refractivity contribution in [3.8, 4) is 5.75 Å². The number of rotatable bonds is 21. The zero-order chi connectivity index (χ0) is 41.4. The number of carbonyl (C=O) groups excluding carboxylic acids is 6. The van der Waals surface area contributed by atoms with Gasteiger partial charge in [0.2, 0.25) is 11.8 Å². The van der Waals surface area contributed by atoms with Crippen LogP contribution in [0, 0.1) is 16.0 Å². The van der Waals surface area contributed by atoms with Gasteiger partial charge in [0, 0.05) is 43.1 Å². The van der Waals surface area contributed by atoms with Crippen LogP contribution in [0.5, 0.6) is 5.75 Å². The number of carbonyl (C=O) groups is 6. The molecule has 1 aliphatic rings. The Hall–Kier alpha value is -6.05. The fraction of sp³-hybridized carbons (Fsp3) is 0.444. The Bertz CT molecular complexity index is 1720. The van der Waals surface area contributed by atoms with Gasteiger partial charge in [0.05, 0.1) is 11.0 Å². The van der Waals surface area contributed by atoms with Crippen molar-refractivity contribution in [2.75, 3.05) is 18.4 Å². The van der Waals surface area contributed by atoms with Crippen LogP contribution in [0.15, 0.2) is 60.7 Å². The molecule has 6 N–H and O–H groups in total. The smallest absolute Gasteiger partial charge is 0.429 e. The van der Waals surface area contributed by atoms with Crippen molar-refractivity contribution in [3.05, 3.63) is 76.4 Å². The Kier molecular flexibility index (Phi) is 16.7. The van der Waals surface area contributed by atoms with E-state index in [0.717, 1.165) is 29.2 Å². The number of nitro benzene ring substituents is 1. The maximum atomic E-state index is 14.1. The topological polar surface area (TPSA) is 241 Å². The highest BCUT2D eigenvalue weighted by atomic mass is 19.4. The zero-order valence-corrected chi connectivity index (χ0v) is 30.6. The molecule has 0 fully saturated rings. The van der Waals surface area contributed by atoms with E-state index < -0.39 is 71.0 Å². The minimum absolute atomic E-state index is 0.0221. The summed E-state index contributed by atoms with van der Waals surface area (Å²) < 4.78 is 52.5. The molecule has 304 valence electrons. The SMILES string of the molecule is CC(C)[C@H](N[C@@H](CCCCCN1C(=O)C=CC1=O)C(F)(F)F)C(=O)N[C@@H](CCCNC(N)=O)C(=O)Nc1ccc(COC(=O)Oc2ccc([N+](=O)[O-])cc2)cc1. The molecule has 6 amide bonds. The Labute approximate surface area is 319 Å². The number of benzene rings is 2. The van der Waals surface area contributed by atoms with Crippen molar-refractivity contribution in [1.29, 1.82) is 0 Å². The van der Waals surface area contributed by atoms with Gasteiger partial charge in [0.15, 0.2) is 0 Å². The molecule has 0 spiro atoms. The second kappa shape index (κ2) is 21.1. The third-order valence-corrected chi connectivity index (χ3v) is 8.43. The molecule has 56 heavy (non-hydrogen) atoms. The lowest BCUT2D eigenvalue weighted by atomic mass is 9.99. The summed E-state index contributed by atoms with van der Waals surface area (Å²) >= 11 is 0. The minimum Gasteiger partial charge on any atom is -0.429 e. The van der Waals surface area contributed by atoms with Crippen molar-refractivity contribution in [1.82, 2.24) is 20.9 Å². The first-order chi connectivity index (χ1) is 26.4. The molecule has 1 aliphatic heterocycles. The van der Waals surface area contributed by atoms with Crippen LogP contribution in [0.2, 0.25) is 0 Å². The van der Waals surface area contributed by atoms with Crippen molar-refractivity contribution in [2.45, 2.75) is 83.3 Å². The Morgan fingerprint density at radius 2 is 1.54 bits per heavy atom. The van der Waals surface area contributed by atoms with Crippen LogP contribution >= 0.6 is 0 Å². The van der Waals surface area contributed by atoms with Crippen molar-refractivity contribution in [3.63, 3.8) is 0 Å². The van der Waals surface area contributed by atoms with E-state index in [1.807, 2.05) is 0 Å². The van der Waals surface area contributed by atoms with E-state index in [-0.39, 0.29) is 68.9 Å². The molecule has 2 aromatic rings. The third-order valence-electron chi connectivity index (χ3n) is 8.43. The highest BCUT2D eigenvalue weighted by molar-refractivity contribution is 6.12. The average Bonchev–Trinajstić information content (AvgIpc) is 3.45. The molecule has 20 heteroatoms. The summed E-state index contributed by atoms with van der Waals surface area (Å²) in [5, 5.41) is 20.8. The molecule has 0 unspecified atom stereocenters. The van der Waals surface area contributed by atoms with Crippen LogP contribution in [-0.2, 0) is 30.5 Å². The number of amides is 6. The van der Waals surface area contributed by atoms with Gasteiger partial charge in [-0.3, -0.25) is 39.5 Å². The number of nitrogens with zero attached hydrogens (tertiary/aromatic N) is 2. The summed E-state index contributed by atoms with van der Waals surface area (Å²) in [6, 6.07) is 5.30. The van der Waals surface area contributed by atoms with Crippen molar-refractivity contribution < 1.29 is 56.3 Å². The molecular weight excluding hydrogens is 747 g/mol. The van der Waals surface area contributed by atoms with Gasteiger partial charge in [-0.25, -0.2) is 9.59 Å². The van der Waals surface area contributed by atoms with Gasteiger partial charge in [0.25, 0.3) is 17.5 Å². The number of non-ortho nitro benzene ring substituents is 1. The number of halogens is 3. The second-order valence-corrected chi connectivity index (χ2v) is 13.1. The van der Waals surface area contributed by atoms with Gasteiger partial charge < -0.3 is 31.2 Å². The number of hydrogen-bond acceptors (Lipinski definition) is 11. The zero-order valence-electron chi connectivity index (χ0n) is 30.6. The number of primary amides is 1. The monoisotopic (exact) mass is 791 g/mol. The first-order valence-electron chi connectivity index (χ1n) is 17.6. The molecule has 3 rings (SSSR count). The van der Waals surface area contributed by atoms with E-state index in [1.165, 1.54) is 36.4 Å². The third kappa shape index (κ3) is 14.6. The molecule has 3 atom stereocenters. The summed E-state index contributed by atoms with van der Waals surface area (Å²) in [5.41, 5.74) is 5.68. The summed E-state index contributed by atoms with van der Waals surface area (Å²) in [4.78, 5) is 84.7. The fourth-order valence-corrected chi connectivity index (χ4v) is 5.44. The van der Waals surface area contributed by atoms with Gasteiger partial charge in [-0.05, 0) is 61.4 Å². The summed E-state index contributed by atoms with van der Waals surface area (Å²) in [7, 11) is 0. The van der Waals surface area contributed by atoms with E-state index in [1.54, 1.807) is 13.8 Å². The van der Waals surface area contributed by atoms with E-state index in [4.69, 9.17) is 15.2 Å². The number of nitro groups is 1. The molecule has 0 bridgehead atoms. The Morgan fingerprint density at radius 3 is 2.11 bits per heavy atom. The second-order valence-electron chi connectivity index (χ2n) is 13.1. The number of alkyl halides is 3. The number of anilines is 1. The van der Waals surface area contributed by atoms with Crippen LogP contribution in [0.3, 0.4) is 0 Å². The molecule has 0 aromatic heterocycles. The predicted molar refractivity (Wildman–Crippen MR) is 194 cm³/mol. The molecule has 17 nitrogen and oxygen atoms in total. The average molecular weight is 792 g/mol. The largest absolute Gasteiger partial charge is 0.514 e. The molecule has 2 aromatic carbocycles. The van der Waals surface area contributed by atoms with Gasteiger partial charge in [-0.2, -0.15) is 13.2 Å². The fourth-order valence-electron chi connectivity index (χ4n) is 5.44. The first-order valence-corrected chi connectivity index (χ1v) is 17.6. The first kappa shape index (κ1) is 44.3. The van der Waals surface area contributed by atoms with Crippen LogP contribution in [0.4, 0.5) is 34.1 Å². The molecule has 0 aliphatic carbocycles. The van der Waals surface area contributed by atoms with Gasteiger partial charge >= 0.3 is 18.4 Å². The summed E-state index contributed by atoms with van der Waals surface area (Å²) in [5.74, 6) is -3.12. The molecule has 1 heterocycles. The lowest BCUT2D eigenvalue weighted by Gasteiger charge is -2.30. The standard InChI is InChI=1S/C36H44F3N7O10/c1-22(2)31(44-28(36(37,38)39)8-4-3-5-20-45-29(47)17-18-30(45)48)33(50)43-27(7-6-19-41-34(40)51)32(49)42-24-11-9-23(10-12-24)21-55-35(52)56-26-15-13-25(14-16-26)46(53)54/h9-18,22,27-28,31,44H,3-8,19-21H2,1-2H3,(H,42,49)(H,43,50)(H3,40,41,51)/t27-,28-,31-/m0/s1. The number of ether oxygens (including phenoxy) is 2. The number of urea groups is 1. The highest BCUT2D eigenvalue weighted by Gasteiger charge is 2.42. The number of unbranched alkanes of at least 4 members (excludes halogenated alkanes) is 2. The molecule has 0 saturated carbocycles. The molecule has 0 radical (unpaired) electrons. The number of nitrogens with one attached hydrogen (secondary N) is 4. The highest BCUT2D eigenvalue weighted by Crippen LogP contribution is 2.26. The lowest BCUT2D eigenvalue weighted by Crippen LogP contribution is -2.58. The molecule has 0 saturated heterocycles. The van der Waals surface area contributed by atoms with Crippen molar-refractivity contribution >= 4 is 47.2 Å². The Balaban J connectivity index is 1.59. The summed E-state index contributed by atoms with van der Waals surface area (Å²) in [6.07, 6.45) is -3.10. The minimum atomic E-state index is -4.72. The van der Waals surface area contributed by atoms with Crippen LogP contribution in [0.25, 0.3) is 0 Å². The normalized spacial score (nSPS) is 14.2. The quantitative estimate of drug-likeness (QED) is 0.0300. The molecular formula is C36H44F3N7O10. The van der Waals surface area contributed by atoms with E-state index in [0.29, 0.717) is 12.0 Å². The van der Waals surface area contributed by atoms with Gasteiger partial charge in [-0.1, -0.05) is 38.8 Å². The predicted octanol–water partition coefficient (Wildman–Crippen LogP) is 4.21. The van der Waals surface area contributed by atoms with E-state index in [9.17, 15) is 52.1 Å². The summed E-state index contributed by atoms with van der Waals surface area (Å²) in [6.45, 7) is 3.00. The maximum absolute atomic E-state index is 14.1. The van der Waals surface area contributed by atoms with E-state index in [2.05, 4.69) is 21.3 Å². The van der Waals surface area contributed by atoms with Crippen LogP contribution in [0.1, 0.15) is 57.9 Å². The maximum Gasteiger partial charge on any atom is 0.514 e. The number of hydrogen-bond donors (Lipinski definition) is 5. The van der Waals surface area contributed by atoms with Crippen molar-refractivity contribution in [2.24, 2.45) is 11.7 Å². The van der Waals surface area contributed by atoms with Gasteiger partial charge in [0.1, 0.15) is 24.4 Å². The van der Waals surface area contributed by atoms with Crippen LogP contribution in [-0.4, -0.2) is 83.0 Å². The Morgan fingerprint density at radius 1 is 0.893 bits per heavy atom. The van der Waals surface area contributed by atoms with Crippen LogP contribution < -0.4 is 31.7 Å². The lowest BCUT2D eigenvalue weighted by molar-refractivity contribution is -0.384.